The van der Waals surface area contributed by atoms with E-state index in [1.165, 1.54) is 30.2 Å². The van der Waals surface area contributed by atoms with Gasteiger partial charge in [-0.1, -0.05) is 30.3 Å². The van der Waals surface area contributed by atoms with Crippen LogP contribution in [0.1, 0.15) is 11.1 Å². The molecule has 0 spiro atoms. The number of sulfone groups is 1. The molecule has 0 saturated heterocycles. The second-order valence-corrected chi connectivity index (χ2v) is 7.76. The number of nitrogens with zero attached hydrogens (tertiary/aromatic N) is 2. The zero-order valence-corrected chi connectivity index (χ0v) is 15.4. The van der Waals surface area contributed by atoms with E-state index in [2.05, 4.69) is 9.91 Å². The summed E-state index contributed by atoms with van der Waals surface area (Å²) >= 11 is 0. The molecule has 0 radical (unpaired) electrons. The normalized spacial score (nSPS) is 11.0. The van der Waals surface area contributed by atoms with Crippen LogP contribution in [0.5, 0.6) is 0 Å². The largest absolute Gasteiger partial charge is 0.453 e. The minimum Gasteiger partial charge on any atom is -0.453 e. The van der Waals surface area contributed by atoms with Gasteiger partial charge < -0.3 is 9.64 Å². The Bertz CT molecular complexity index is 882. The second-order valence-electron chi connectivity index (χ2n) is 5.77. The van der Waals surface area contributed by atoms with Crippen molar-refractivity contribution in [3.8, 4) is 0 Å². The van der Waals surface area contributed by atoms with E-state index in [1.807, 2.05) is 0 Å². The zero-order valence-electron chi connectivity index (χ0n) is 14.6. The topological polar surface area (TPSA) is 93.1 Å². The van der Waals surface area contributed by atoms with Crippen molar-refractivity contribution >= 4 is 21.6 Å². The first kappa shape index (κ1) is 19.6. The number of nitroso groups, excluding NO2 is 1. The summed E-state index contributed by atoms with van der Waals surface area (Å²) in [6, 6.07) is 12.9. The molecule has 138 valence electrons. The van der Waals surface area contributed by atoms with Crippen LogP contribution in [-0.2, 0) is 26.7 Å². The number of rotatable bonds is 7. The minimum absolute atomic E-state index is 0.0922. The number of amides is 1. The van der Waals surface area contributed by atoms with Gasteiger partial charge in [0.05, 0.1) is 17.8 Å². The predicted molar refractivity (Wildman–Crippen MR) is 98.0 cm³/mol. The third-order valence-corrected chi connectivity index (χ3v) is 5.59. The molecule has 0 aromatic heterocycles. The van der Waals surface area contributed by atoms with E-state index < -0.39 is 15.9 Å². The van der Waals surface area contributed by atoms with Crippen LogP contribution in [0.3, 0.4) is 0 Å². The van der Waals surface area contributed by atoms with Crippen molar-refractivity contribution in [2.75, 3.05) is 20.7 Å². The standard InChI is InChI=1S/C18H20N2O5S/c1-20(18(21)25-2)11-10-14-8-9-17(19-22)15(12-14)13-26(23,24)16-6-4-3-5-7-16/h3-9,12H,10-11,13H2,1-2H3. The first-order valence-electron chi connectivity index (χ1n) is 7.89. The van der Waals surface area contributed by atoms with Gasteiger partial charge in [0.15, 0.2) is 9.84 Å². The van der Waals surface area contributed by atoms with Gasteiger partial charge >= 0.3 is 6.09 Å². The van der Waals surface area contributed by atoms with E-state index in [0.29, 0.717) is 18.5 Å². The molecule has 2 aromatic carbocycles. The molecule has 7 nitrogen and oxygen atoms in total. The Morgan fingerprint density at radius 3 is 2.46 bits per heavy atom. The maximum Gasteiger partial charge on any atom is 0.409 e. The molecule has 0 atom stereocenters. The number of ether oxygens (including phenoxy) is 1. The average molecular weight is 376 g/mol. The summed E-state index contributed by atoms with van der Waals surface area (Å²) in [5.41, 5.74) is 1.23. The summed E-state index contributed by atoms with van der Waals surface area (Å²) in [6.07, 6.45) is 0.0337. The van der Waals surface area contributed by atoms with E-state index >= 15 is 0 Å². The van der Waals surface area contributed by atoms with Gasteiger partial charge in [-0.05, 0) is 40.9 Å². The molecule has 0 fully saturated rings. The summed E-state index contributed by atoms with van der Waals surface area (Å²) in [4.78, 5) is 24.1. The van der Waals surface area contributed by atoms with Crippen molar-refractivity contribution in [3.63, 3.8) is 0 Å². The first-order chi connectivity index (χ1) is 12.4. The summed E-state index contributed by atoms with van der Waals surface area (Å²) in [5, 5.41) is 2.93. The van der Waals surface area contributed by atoms with Crippen molar-refractivity contribution in [1.29, 1.82) is 0 Å². The number of likely N-dealkylation sites (N-methyl/N-ethyl adjacent to an activating group) is 1. The maximum absolute atomic E-state index is 12.6. The molecular formula is C18H20N2O5S. The van der Waals surface area contributed by atoms with Crippen LogP contribution < -0.4 is 0 Å². The Kier molecular flexibility index (Phi) is 6.46. The molecule has 0 unspecified atom stereocenters. The van der Waals surface area contributed by atoms with Gasteiger partial charge in [-0.15, -0.1) is 4.91 Å². The first-order valence-corrected chi connectivity index (χ1v) is 9.54. The highest BCUT2D eigenvalue weighted by atomic mass is 32.2. The molecule has 0 bridgehead atoms. The number of benzene rings is 2. The fraction of sp³-hybridized carbons (Fsp3) is 0.278. The van der Waals surface area contributed by atoms with E-state index in [1.54, 1.807) is 37.4 Å². The molecule has 0 N–H and O–H groups in total. The smallest absolute Gasteiger partial charge is 0.409 e. The van der Waals surface area contributed by atoms with Crippen LogP contribution in [0.4, 0.5) is 10.5 Å². The van der Waals surface area contributed by atoms with E-state index in [9.17, 15) is 18.1 Å². The van der Waals surface area contributed by atoms with Gasteiger partial charge in [0.25, 0.3) is 0 Å². The van der Waals surface area contributed by atoms with Crippen LogP contribution in [0, 0.1) is 4.91 Å². The number of carbonyl (C=O) groups excluding carboxylic acids is 1. The number of methoxy groups -OCH3 is 1. The molecule has 1 amide bonds. The molecule has 2 rings (SSSR count). The monoisotopic (exact) mass is 376 g/mol. The van der Waals surface area contributed by atoms with Crippen molar-refractivity contribution < 1.29 is 17.9 Å². The van der Waals surface area contributed by atoms with E-state index in [0.717, 1.165) is 5.56 Å². The lowest BCUT2D eigenvalue weighted by molar-refractivity contribution is 0.134. The summed E-state index contributed by atoms with van der Waals surface area (Å²) in [7, 11) is -0.688. The molecule has 2 aromatic rings. The van der Waals surface area contributed by atoms with Gasteiger partial charge in [0.1, 0.15) is 5.69 Å². The SMILES string of the molecule is COC(=O)N(C)CCc1ccc(N=O)c(CS(=O)(=O)c2ccccc2)c1. The molecule has 0 saturated carbocycles. The van der Waals surface area contributed by atoms with Gasteiger partial charge in [-0.25, -0.2) is 13.2 Å². The highest BCUT2D eigenvalue weighted by Crippen LogP contribution is 2.26. The Balaban J connectivity index is 2.22. The van der Waals surface area contributed by atoms with Crippen molar-refractivity contribution in [2.45, 2.75) is 17.1 Å². The highest BCUT2D eigenvalue weighted by Gasteiger charge is 2.18. The number of hydrogen-bond donors (Lipinski definition) is 0. The summed E-state index contributed by atoms with van der Waals surface area (Å²) in [5.74, 6) is -0.321. The van der Waals surface area contributed by atoms with Gasteiger partial charge in [-0.3, -0.25) is 0 Å². The number of hydrogen-bond acceptors (Lipinski definition) is 6. The molecule has 0 aliphatic heterocycles. The highest BCUT2D eigenvalue weighted by molar-refractivity contribution is 7.90. The predicted octanol–water partition coefficient (Wildman–Crippen LogP) is 3.30. The van der Waals surface area contributed by atoms with E-state index in [4.69, 9.17) is 0 Å². The summed E-state index contributed by atoms with van der Waals surface area (Å²) < 4.78 is 29.8. The third-order valence-electron chi connectivity index (χ3n) is 3.91. The lowest BCUT2D eigenvalue weighted by atomic mass is 10.1. The van der Waals surface area contributed by atoms with Crippen molar-refractivity contribution in [1.82, 2.24) is 4.90 Å². The van der Waals surface area contributed by atoms with Crippen LogP contribution in [0.2, 0.25) is 0 Å². The van der Waals surface area contributed by atoms with Crippen LogP contribution >= 0.6 is 0 Å². The van der Waals surface area contributed by atoms with Gasteiger partial charge in [-0.2, -0.15) is 0 Å². The van der Waals surface area contributed by atoms with Crippen molar-refractivity contribution in [2.24, 2.45) is 5.18 Å². The minimum atomic E-state index is -3.59. The fourth-order valence-electron chi connectivity index (χ4n) is 2.46. The molecule has 0 heterocycles. The average Bonchev–Trinajstić information content (AvgIpc) is 2.66. The Labute approximate surface area is 152 Å². The van der Waals surface area contributed by atoms with Crippen LogP contribution in [0.15, 0.2) is 58.6 Å². The van der Waals surface area contributed by atoms with Crippen molar-refractivity contribution in [3.05, 3.63) is 64.6 Å². The lowest BCUT2D eigenvalue weighted by Gasteiger charge is -2.15. The Hall–Kier alpha value is -2.74. The van der Waals surface area contributed by atoms with Gasteiger partial charge in [0.2, 0.25) is 0 Å². The number of carbonyl (C=O) groups is 1. The molecule has 26 heavy (non-hydrogen) atoms. The van der Waals surface area contributed by atoms with E-state index in [-0.39, 0.29) is 16.3 Å². The molecule has 0 aliphatic rings. The zero-order chi connectivity index (χ0) is 19.2. The van der Waals surface area contributed by atoms with Crippen LogP contribution in [-0.4, -0.2) is 40.1 Å². The lowest BCUT2D eigenvalue weighted by Crippen LogP contribution is -2.28. The molecule has 0 aliphatic carbocycles. The second kappa shape index (κ2) is 8.57. The Morgan fingerprint density at radius 2 is 1.85 bits per heavy atom. The quantitative estimate of drug-likeness (QED) is 0.691. The summed E-state index contributed by atoms with van der Waals surface area (Å²) in [6.45, 7) is 0.394. The Morgan fingerprint density at radius 1 is 1.15 bits per heavy atom. The molecular weight excluding hydrogens is 356 g/mol. The molecule has 8 heteroatoms. The third kappa shape index (κ3) is 4.89. The fourth-order valence-corrected chi connectivity index (χ4v) is 3.84. The van der Waals surface area contributed by atoms with Crippen LogP contribution in [0.25, 0.3) is 0 Å². The van der Waals surface area contributed by atoms with Gasteiger partial charge in [0, 0.05) is 13.6 Å². The maximum atomic E-state index is 12.6.